The molecule has 14 heavy (non-hydrogen) atoms. The van der Waals surface area contributed by atoms with Gasteiger partial charge in [0.05, 0.1) is 7.11 Å². The van der Waals surface area contributed by atoms with Crippen molar-refractivity contribution in [3.63, 3.8) is 0 Å². The molecule has 0 bridgehead atoms. The van der Waals surface area contributed by atoms with Gasteiger partial charge >= 0.3 is 0 Å². The zero-order valence-electron chi connectivity index (χ0n) is 8.59. The van der Waals surface area contributed by atoms with Crippen LogP contribution in [0.2, 0.25) is 0 Å². The van der Waals surface area contributed by atoms with Gasteiger partial charge in [0.15, 0.2) is 11.3 Å². The maximum absolute atomic E-state index is 11.5. The summed E-state index contributed by atoms with van der Waals surface area (Å²) in [6, 6.07) is 1.46. The number of ether oxygens (including phenoxy) is 1. The van der Waals surface area contributed by atoms with E-state index in [-0.39, 0.29) is 5.43 Å². The van der Waals surface area contributed by atoms with Gasteiger partial charge in [0, 0.05) is 24.4 Å². The fourth-order valence-corrected chi connectivity index (χ4v) is 1.14. The van der Waals surface area contributed by atoms with E-state index < -0.39 is 0 Å². The molecule has 0 aliphatic heterocycles. The second-order valence-corrected chi connectivity index (χ2v) is 3.07. The number of nitrogens with one attached hydrogen (secondary N) is 2. The first-order valence-electron chi connectivity index (χ1n) is 4.74. The fraction of sp³-hybridized carbons (Fsp3) is 0.500. The lowest BCUT2D eigenvalue weighted by Gasteiger charge is -2.03. The van der Waals surface area contributed by atoms with Crippen molar-refractivity contribution in [2.24, 2.45) is 0 Å². The standard InChI is InChI=1S/C10H16N2O2/c1-3-4-11-6-8-7-12-10(14-2)5-9(8)13/h5,7,11H,3-4,6H2,1-2H3,(H,12,13). The van der Waals surface area contributed by atoms with E-state index in [9.17, 15) is 4.79 Å². The lowest BCUT2D eigenvalue weighted by Crippen LogP contribution is -2.20. The van der Waals surface area contributed by atoms with Crippen molar-refractivity contribution in [1.29, 1.82) is 0 Å². The molecule has 4 heteroatoms. The zero-order chi connectivity index (χ0) is 10.4. The molecule has 0 saturated heterocycles. The van der Waals surface area contributed by atoms with Gasteiger partial charge in [0.25, 0.3) is 0 Å². The van der Waals surface area contributed by atoms with Crippen LogP contribution in [0, 0.1) is 0 Å². The van der Waals surface area contributed by atoms with Crippen LogP contribution in [0.5, 0.6) is 5.88 Å². The van der Waals surface area contributed by atoms with Gasteiger partial charge in [-0.3, -0.25) is 4.79 Å². The van der Waals surface area contributed by atoms with Gasteiger partial charge in [0.2, 0.25) is 0 Å². The molecule has 2 N–H and O–H groups in total. The highest BCUT2D eigenvalue weighted by Crippen LogP contribution is 2.00. The van der Waals surface area contributed by atoms with Gasteiger partial charge in [-0.05, 0) is 13.0 Å². The van der Waals surface area contributed by atoms with Crippen molar-refractivity contribution in [2.75, 3.05) is 13.7 Å². The number of methoxy groups -OCH3 is 1. The first-order chi connectivity index (χ1) is 6.77. The van der Waals surface area contributed by atoms with Crippen LogP contribution in [0.3, 0.4) is 0 Å². The number of hydrogen-bond donors (Lipinski definition) is 2. The van der Waals surface area contributed by atoms with Crippen LogP contribution in [0.25, 0.3) is 0 Å². The Bertz CT molecular complexity index is 333. The van der Waals surface area contributed by atoms with Crippen LogP contribution in [0.1, 0.15) is 18.9 Å². The van der Waals surface area contributed by atoms with E-state index in [0.717, 1.165) is 18.5 Å². The molecule has 0 aliphatic carbocycles. The first kappa shape index (κ1) is 10.8. The third-order valence-corrected chi connectivity index (χ3v) is 1.93. The maximum atomic E-state index is 11.5. The molecule has 0 fully saturated rings. The van der Waals surface area contributed by atoms with Crippen molar-refractivity contribution in [3.8, 4) is 5.88 Å². The number of aromatic amines is 1. The van der Waals surface area contributed by atoms with Crippen LogP contribution in [0.4, 0.5) is 0 Å². The quantitative estimate of drug-likeness (QED) is 0.687. The van der Waals surface area contributed by atoms with Crippen LogP contribution < -0.4 is 15.5 Å². The molecule has 0 aliphatic rings. The highest BCUT2D eigenvalue weighted by atomic mass is 16.5. The number of aromatic nitrogens is 1. The average Bonchev–Trinajstić information content (AvgIpc) is 2.20. The van der Waals surface area contributed by atoms with E-state index in [1.807, 2.05) is 0 Å². The first-order valence-corrected chi connectivity index (χ1v) is 4.74. The molecule has 0 amide bonds. The molecule has 4 nitrogen and oxygen atoms in total. The molecular formula is C10H16N2O2. The van der Waals surface area contributed by atoms with Crippen molar-refractivity contribution >= 4 is 0 Å². The van der Waals surface area contributed by atoms with Crippen LogP contribution in [-0.4, -0.2) is 18.6 Å². The van der Waals surface area contributed by atoms with E-state index in [2.05, 4.69) is 17.2 Å². The number of H-pyrrole nitrogens is 1. The summed E-state index contributed by atoms with van der Waals surface area (Å²) in [4.78, 5) is 14.3. The predicted molar refractivity (Wildman–Crippen MR) is 55.6 cm³/mol. The number of rotatable bonds is 5. The molecule has 1 aromatic rings. The van der Waals surface area contributed by atoms with E-state index in [1.165, 1.54) is 13.2 Å². The Morgan fingerprint density at radius 2 is 2.36 bits per heavy atom. The van der Waals surface area contributed by atoms with E-state index in [1.54, 1.807) is 6.20 Å². The minimum Gasteiger partial charge on any atom is -0.482 e. The summed E-state index contributed by atoms with van der Waals surface area (Å²) in [7, 11) is 1.53. The van der Waals surface area contributed by atoms with Crippen molar-refractivity contribution < 1.29 is 4.74 Å². The highest BCUT2D eigenvalue weighted by molar-refractivity contribution is 5.17. The highest BCUT2D eigenvalue weighted by Gasteiger charge is 2.00. The largest absolute Gasteiger partial charge is 0.482 e. The van der Waals surface area contributed by atoms with E-state index in [0.29, 0.717) is 12.4 Å². The predicted octanol–water partition coefficient (Wildman–Crippen LogP) is 0.883. The molecule has 1 rings (SSSR count). The Morgan fingerprint density at radius 1 is 1.57 bits per heavy atom. The van der Waals surface area contributed by atoms with Crippen molar-refractivity contribution in [3.05, 3.63) is 28.0 Å². The Balaban J connectivity index is 2.64. The van der Waals surface area contributed by atoms with Crippen molar-refractivity contribution in [2.45, 2.75) is 19.9 Å². The van der Waals surface area contributed by atoms with Gasteiger partial charge in [-0.15, -0.1) is 0 Å². The summed E-state index contributed by atoms with van der Waals surface area (Å²) in [5.74, 6) is 0.495. The van der Waals surface area contributed by atoms with E-state index in [4.69, 9.17) is 4.74 Å². The van der Waals surface area contributed by atoms with Gasteiger partial charge in [0.1, 0.15) is 0 Å². The monoisotopic (exact) mass is 196 g/mol. The Hall–Kier alpha value is -1.29. The molecule has 0 spiro atoms. The molecule has 1 aromatic heterocycles. The number of pyridine rings is 1. The van der Waals surface area contributed by atoms with Gasteiger partial charge in [-0.1, -0.05) is 6.92 Å². The molecule has 1 heterocycles. The normalized spacial score (nSPS) is 10.1. The smallest absolute Gasteiger partial charge is 0.194 e. The molecule has 0 radical (unpaired) electrons. The van der Waals surface area contributed by atoms with Gasteiger partial charge in [-0.2, -0.15) is 0 Å². The third kappa shape index (κ3) is 2.88. The topological polar surface area (TPSA) is 54.1 Å². The van der Waals surface area contributed by atoms with Crippen LogP contribution >= 0.6 is 0 Å². The molecule has 0 saturated carbocycles. The fourth-order valence-electron chi connectivity index (χ4n) is 1.14. The SMILES string of the molecule is CCCNCc1c[nH]c(OC)cc1=O. The maximum Gasteiger partial charge on any atom is 0.194 e. The Kier molecular flexibility index (Phi) is 4.19. The molecular weight excluding hydrogens is 180 g/mol. The van der Waals surface area contributed by atoms with Crippen LogP contribution in [-0.2, 0) is 6.54 Å². The summed E-state index contributed by atoms with van der Waals surface area (Å²) in [5, 5.41) is 3.17. The van der Waals surface area contributed by atoms with Crippen molar-refractivity contribution in [1.82, 2.24) is 10.3 Å². The van der Waals surface area contributed by atoms with E-state index >= 15 is 0 Å². The minimum atomic E-state index is 0.00389. The number of hydrogen-bond acceptors (Lipinski definition) is 3. The summed E-state index contributed by atoms with van der Waals surface area (Å²) in [6.45, 7) is 3.61. The average molecular weight is 196 g/mol. The second-order valence-electron chi connectivity index (χ2n) is 3.07. The molecule has 0 aromatic carbocycles. The Labute approximate surface area is 83.3 Å². The second kappa shape index (κ2) is 5.44. The molecule has 0 atom stereocenters. The summed E-state index contributed by atoms with van der Waals surface area (Å²) < 4.78 is 4.90. The molecule has 78 valence electrons. The Morgan fingerprint density at radius 3 is 2.93 bits per heavy atom. The lowest BCUT2D eigenvalue weighted by molar-refractivity contribution is 0.397. The summed E-state index contributed by atoms with van der Waals surface area (Å²) >= 11 is 0. The van der Waals surface area contributed by atoms with Gasteiger partial charge in [-0.25, -0.2) is 0 Å². The molecule has 0 unspecified atom stereocenters. The van der Waals surface area contributed by atoms with Crippen LogP contribution in [0.15, 0.2) is 17.1 Å². The summed E-state index contributed by atoms with van der Waals surface area (Å²) in [5.41, 5.74) is 0.739. The minimum absolute atomic E-state index is 0.00389. The summed E-state index contributed by atoms with van der Waals surface area (Å²) in [6.07, 6.45) is 2.75. The van der Waals surface area contributed by atoms with Gasteiger partial charge < -0.3 is 15.0 Å². The third-order valence-electron chi connectivity index (χ3n) is 1.93. The lowest BCUT2D eigenvalue weighted by atomic mass is 10.2. The zero-order valence-corrected chi connectivity index (χ0v) is 8.59.